The number of rotatable bonds is 5. The molecule has 1 atom stereocenters. The summed E-state index contributed by atoms with van der Waals surface area (Å²) in [5.41, 5.74) is 2.28. The zero-order chi connectivity index (χ0) is 13.9. The van der Waals surface area contributed by atoms with Gasteiger partial charge in [0.15, 0.2) is 6.10 Å². The minimum Gasteiger partial charge on any atom is -0.483 e. The Kier molecular flexibility index (Phi) is 4.00. The van der Waals surface area contributed by atoms with Crippen LogP contribution in [0.1, 0.15) is 27.2 Å². The number of para-hydroxylation sites is 1. The van der Waals surface area contributed by atoms with Gasteiger partial charge in [-0.05, 0) is 18.7 Å². The van der Waals surface area contributed by atoms with Crippen LogP contribution in [0.15, 0.2) is 24.3 Å². The zero-order valence-corrected chi connectivity index (χ0v) is 12.5. The lowest BCUT2D eigenvalue weighted by atomic mass is 10.1. The number of thiazole rings is 1. The molecule has 0 saturated carbocycles. The Labute approximate surface area is 122 Å². The van der Waals surface area contributed by atoms with Crippen LogP contribution in [0.2, 0.25) is 0 Å². The van der Waals surface area contributed by atoms with Gasteiger partial charge in [-0.1, -0.05) is 18.2 Å². The highest BCUT2D eigenvalue weighted by atomic mass is 32.1. The van der Waals surface area contributed by atoms with Crippen LogP contribution in [-0.4, -0.2) is 19.1 Å². The Morgan fingerprint density at radius 2 is 2.30 bits per heavy atom. The lowest BCUT2D eigenvalue weighted by Gasteiger charge is -2.06. The quantitative estimate of drug-likeness (QED) is 0.919. The van der Waals surface area contributed by atoms with E-state index in [4.69, 9.17) is 14.5 Å². The Hall–Kier alpha value is -1.43. The highest BCUT2D eigenvalue weighted by molar-refractivity contribution is 7.11. The molecule has 0 fully saturated rings. The summed E-state index contributed by atoms with van der Waals surface area (Å²) in [6, 6.07) is 8.20. The average Bonchev–Trinajstić information content (AvgIpc) is 3.04. The second-order valence-electron chi connectivity index (χ2n) is 4.80. The van der Waals surface area contributed by atoms with Gasteiger partial charge in [-0.3, -0.25) is 0 Å². The van der Waals surface area contributed by atoms with Gasteiger partial charge in [-0.15, -0.1) is 11.3 Å². The van der Waals surface area contributed by atoms with Crippen molar-refractivity contribution in [2.75, 3.05) is 14.2 Å². The lowest BCUT2D eigenvalue weighted by molar-refractivity contribution is 0.180. The smallest absolute Gasteiger partial charge is 0.154 e. The summed E-state index contributed by atoms with van der Waals surface area (Å²) in [5, 5.41) is 4.22. The number of methoxy groups -OCH3 is 1. The molecule has 2 heterocycles. The van der Waals surface area contributed by atoms with E-state index in [1.54, 1.807) is 18.4 Å². The molecule has 1 unspecified atom stereocenters. The maximum absolute atomic E-state index is 6.00. The summed E-state index contributed by atoms with van der Waals surface area (Å²) in [5.74, 6) is 0.983. The van der Waals surface area contributed by atoms with Gasteiger partial charge >= 0.3 is 0 Å². The van der Waals surface area contributed by atoms with Crippen molar-refractivity contribution in [2.45, 2.75) is 25.7 Å². The summed E-state index contributed by atoms with van der Waals surface area (Å²) in [6.45, 7) is 1.36. The highest BCUT2D eigenvalue weighted by Gasteiger charge is 2.27. The summed E-state index contributed by atoms with van der Waals surface area (Å²) in [4.78, 5) is 5.94. The fourth-order valence-electron chi connectivity index (χ4n) is 2.41. The molecular formula is C15H18N2O2S. The summed E-state index contributed by atoms with van der Waals surface area (Å²) in [6.07, 6.45) is 0.938. The number of ether oxygens (including phenoxy) is 2. The SMILES string of the molecule is CNCc1sc(C2Cc3ccccc3O2)nc1COC. The van der Waals surface area contributed by atoms with Crippen molar-refractivity contribution >= 4 is 11.3 Å². The van der Waals surface area contributed by atoms with Crippen molar-refractivity contribution in [1.29, 1.82) is 0 Å². The van der Waals surface area contributed by atoms with E-state index in [-0.39, 0.29) is 6.10 Å². The standard InChI is InChI=1S/C15H18N2O2S/c1-16-8-14-11(9-18-2)17-15(20-14)13-7-10-5-3-4-6-12(10)19-13/h3-6,13,16H,7-9H2,1-2H3. The van der Waals surface area contributed by atoms with Crippen LogP contribution in [-0.2, 0) is 24.3 Å². The third kappa shape index (κ3) is 2.57. The summed E-state index contributed by atoms with van der Waals surface area (Å²) < 4.78 is 11.2. The Morgan fingerprint density at radius 1 is 1.45 bits per heavy atom. The molecule has 0 saturated heterocycles. The van der Waals surface area contributed by atoms with Crippen molar-refractivity contribution < 1.29 is 9.47 Å². The van der Waals surface area contributed by atoms with E-state index in [9.17, 15) is 0 Å². The second kappa shape index (κ2) is 5.91. The molecule has 5 heteroatoms. The molecule has 0 spiro atoms. The molecule has 1 aliphatic rings. The van der Waals surface area contributed by atoms with E-state index < -0.39 is 0 Å². The summed E-state index contributed by atoms with van der Waals surface area (Å²) in [7, 11) is 3.64. The van der Waals surface area contributed by atoms with Crippen LogP contribution in [0, 0.1) is 0 Å². The van der Waals surface area contributed by atoms with Crippen molar-refractivity contribution in [3.05, 3.63) is 45.4 Å². The van der Waals surface area contributed by atoms with Gasteiger partial charge in [0.05, 0.1) is 12.3 Å². The number of hydrogen-bond acceptors (Lipinski definition) is 5. The molecule has 2 aromatic rings. The van der Waals surface area contributed by atoms with Gasteiger partial charge in [0, 0.05) is 25.0 Å². The number of nitrogens with zero attached hydrogens (tertiary/aromatic N) is 1. The Morgan fingerprint density at radius 3 is 3.05 bits per heavy atom. The largest absolute Gasteiger partial charge is 0.483 e. The predicted octanol–water partition coefficient (Wildman–Crippen LogP) is 2.69. The zero-order valence-electron chi connectivity index (χ0n) is 11.7. The molecule has 0 bridgehead atoms. The van der Waals surface area contributed by atoms with E-state index in [1.165, 1.54) is 10.4 Å². The Balaban J connectivity index is 1.83. The van der Waals surface area contributed by atoms with Gasteiger partial charge in [-0.2, -0.15) is 0 Å². The van der Waals surface area contributed by atoms with Crippen molar-refractivity contribution in [3.8, 4) is 5.75 Å². The van der Waals surface area contributed by atoms with E-state index in [1.807, 2.05) is 19.2 Å². The second-order valence-corrected chi connectivity index (χ2v) is 5.92. The topological polar surface area (TPSA) is 43.4 Å². The minimum atomic E-state index is 0.0404. The Bertz CT molecular complexity index is 549. The fourth-order valence-corrected chi connectivity index (χ4v) is 3.52. The molecule has 106 valence electrons. The molecule has 0 amide bonds. The van der Waals surface area contributed by atoms with Gasteiger partial charge in [0.1, 0.15) is 10.8 Å². The minimum absolute atomic E-state index is 0.0404. The lowest BCUT2D eigenvalue weighted by Crippen LogP contribution is -2.06. The normalized spacial score (nSPS) is 17.0. The molecule has 1 aliphatic heterocycles. The first kappa shape index (κ1) is 13.5. The first-order chi connectivity index (χ1) is 9.81. The highest BCUT2D eigenvalue weighted by Crippen LogP contribution is 2.38. The maximum Gasteiger partial charge on any atom is 0.154 e. The number of fused-ring (bicyclic) bond motifs is 1. The molecule has 20 heavy (non-hydrogen) atoms. The van der Waals surface area contributed by atoms with Gasteiger partial charge in [0.25, 0.3) is 0 Å². The van der Waals surface area contributed by atoms with Crippen LogP contribution in [0.4, 0.5) is 0 Å². The van der Waals surface area contributed by atoms with E-state index in [0.29, 0.717) is 6.61 Å². The van der Waals surface area contributed by atoms with Crippen molar-refractivity contribution in [1.82, 2.24) is 10.3 Å². The monoisotopic (exact) mass is 290 g/mol. The van der Waals surface area contributed by atoms with Crippen LogP contribution in [0.5, 0.6) is 5.75 Å². The first-order valence-corrected chi connectivity index (χ1v) is 7.50. The molecule has 1 aromatic heterocycles. The number of nitrogens with one attached hydrogen (secondary N) is 1. The van der Waals surface area contributed by atoms with Crippen molar-refractivity contribution in [2.24, 2.45) is 0 Å². The number of benzene rings is 1. The van der Waals surface area contributed by atoms with Gasteiger partial charge < -0.3 is 14.8 Å². The van der Waals surface area contributed by atoms with Crippen LogP contribution in [0.25, 0.3) is 0 Å². The molecule has 3 rings (SSSR count). The molecule has 1 N–H and O–H groups in total. The van der Waals surface area contributed by atoms with E-state index in [2.05, 4.69) is 17.4 Å². The molecule has 4 nitrogen and oxygen atoms in total. The first-order valence-electron chi connectivity index (χ1n) is 6.68. The van der Waals surface area contributed by atoms with Crippen molar-refractivity contribution in [3.63, 3.8) is 0 Å². The van der Waals surface area contributed by atoms with Crippen LogP contribution in [0.3, 0.4) is 0 Å². The average molecular weight is 290 g/mol. The third-order valence-electron chi connectivity index (χ3n) is 3.34. The van der Waals surface area contributed by atoms with Crippen LogP contribution >= 0.6 is 11.3 Å². The molecule has 0 radical (unpaired) electrons. The third-order valence-corrected chi connectivity index (χ3v) is 4.53. The number of hydrogen-bond donors (Lipinski definition) is 1. The van der Waals surface area contributed by atoms with E-state index in [0.717, 1.165) is 29.4 Å². The number of aromatic nitrogens is 1. The van der Waals surface area contributed by atoms with E-state index >= 15 is 0 Å². The summed E-state index contributed by atoms with van der Waals surface area (Å²) >= 11 is 1.71. The van der Waals surface area contributed by atoms with Crippen LogP contribution < -0.4 is 10.1 Å². The maximum atomic E-state index is 6.00. The molecule has 0 aliphatic carbocycles. The molecular weight excluding hydrogens is 272 g/mol. The molecule has 1 aromatic carbocycles. The fraction of sp³-hybridized carbons (Fsp3) is 0.400. The predicted molar refractivity (Wildman–Crippen MR) is 79.1 cm³/mol. The van der Waals surface area contributed by atoms with Gasteiger partial charge in [-0.25, -0.2) is 4.98 Å². The van der Waals surface area contributed by atoms with Gasteiger partial charge in [0.2, 0.25) is 0 Å².